The van der Waals surface area contributed by atoms with Crippen LogP contribution in [-0.4, -0.2) is 31.4 Å². The highest BCUT2D eigenvalue weighted by molar-refractivity contribution is 7.87. The topological polar surface area (TPSA) is 75.4 Å². The lowest BCUT2D eigenvalue weighted by Crippen LogP contribution is -2.46. The van der Waals surface area contributed by atoms with Crippen molar-refractivity contribution in [2.24, 2.45) is 5.73 Å². The third-order valence-electron chi connectivity index (χ3n) is 4.22. The maximum Gasteiger partial charge on any atom is 0.280 e. The van der Waals surface area contributed by atoms with Gasteiger partial charge in [-0.15, -0.1) is 12.4 Å². The summed E-state index contributed by atoms with van der Waals surface area (Å²) in [5, 5.41) is 0. The lowest BCUT2D eigenvalue weighted by molar-refractivity contribution is 0.378. The molecule has 5 nitrogen and oxygen atoms in total. The number of nitrogens with one attached hydrogen (secondary N) is 1. The Morgan fingerprint density at radius 3 is 2.57 bits per heavy atom. The Kier molecular flexibility index (Phi) is 5.27. The van der Waals surface area contributed by atoms with Crippen LogP contribution in [0, 0.1) is 0 Å². The third-order valence-corrected chi connectivity index (χ3v) is 5.85. The molecule has 3 N–H and O–H groups in total. The zero-order valence-corrected chi connectivity index (χ0v) is 13.5. The SMILES string of the molecule is Cl.N[C@@H]1CC[C@@H](NS(=O)(=O)N2CCc3ccccc3C2)C1. The number of nitrogens with two attached hydrogens (primary N) is 1. The first-order chi connectivity index (χ1) is 9.54. The van der Waals surface area contributed by atoms with Crippen molar-refractivity contribution in [3.63, 3.8) is 0 Å². The number of hydrogen-bond donors (Lipinski definition) is 2. The van der Waals surface area contributed by atoms with Crippen molar-refractivity contribution in [2.75, 3.05) is 6.54 Å². The molecule has 118 valence electrons. The van der Waals surface area contributed by atoms with E-state index < -0.39 is 10.2 Å². The Balaban J connectivity index is 0.00000161. The van der Waals surface area contributed by atoms with Gasteiger partial charge in [-0.1, -0.05) is 24.3 Å². The second-order valence-electron chi connectivity index (χ2n) is 5.75. The first-order valence-electron chi connectivity index (χ1n) is 7.14. The highest BCUT2D eigenvalue weighted by Gasteiger charge is 2.31. The number of hydrogen-bond acceptors (Lipinski definition) is 3. The average Bonchev–Trinajstić information content (AvgIpc) is 2.83. The molecule has 1 aromatic rings. The van der Waals surface area contributed by atoms with E-state index in [-0.39, 0.29) is 24.5 Å². The van der Waals surface area contributed by atoms with Gasteiger partial charge in [0.15, 0.2) is 0 Å². The quantitative estimate of drug-likeness (QED) is 0.873. The maximum absolute atomic E-state index is 12.4. The van der Waals surface area contributed by atoms with Crippen LogP contribution in [-0.2, 0) is 23.2 Å². The summed E-state index contributed by atoms with van der Waals surface area (Å²) in [7, 11) is -3.41. The Morgan fingerprint density at radius 1 is 1.19 bits per heavy atom. The first-order valence-corrected chi connectivity index (χ1v) is 8.58. The van der Waals surface area contributed by atoms with Gasteiger partial charge in [-0.3, -0.25) is 0 Å². The van der Waals surface area contributed by atoms with E-state index in [1.54, 1.807) is 4.31 Å². The van der Waals surface area contributed by atoms with Crippen molar-refractivity contribution < 1.29 is 8.42 Å². The largest absolute Gasteiger partial charge is 0.328 e. The molecule has 2 aliphatic rings. The Labute approximate surface area is 132 Å². The van der Waals surface area contributed by atoms with Crippen LogP contribution in [0.1, 0.15) is 30.4 Å². The second kappa shape index (κ2) is 6.62. The van der Waals surface area contributed by atoms with Gasteiger partial charge in [-0.2, -0.15) is 17.4 Å². The van der Waals surface area contributed by atoms with Crippen molar-refractivity contribution in [3.8, 4) is 0 Å². The molecule has 7 heteroatoms. The van der Waals surface area contributed by atoms with Crippen LogP contribution in [0.2, 0.25) is 0 Å². The van der Waals surface area contributed by atoms with E-state index >= 15 is 0 Å². The van der Waals surface area contributed by atoms with E-state index in [2.05, 4.69) is 10.8 Å². The fourth-order valence-electron chi connectivity index (χ4n) is 3.08. The van der Waals surface area contributed by atoms with Gasteiger partial charge in [0.25, 0.3) is 10.2 Å². The summed E-state index contributed by atoms with van der Waals surface area (Å²) in [5.41, 5.74) is 8.19. The molecule has 1 heterocycles. The monoisotopic (exact) mass is 331 g/mol. The van der Waals surface area contributed by atoms with Crippen LogP contribution in [0.15, 0.2) is 24.3 Å². The zero-order valence-electron chi connectivity index (χ0n) is 11.9. The molecular formula is C14H22ClN3O2S. The molecule has 0 amide bonds. The standard InChI is InChI=1S/C14H21N3O2S.ClH/c15-13-5-6-14(9-13)16-20(18,19)17-8-7-11-3-1-2-4-12(11)10-17;/h1-4,13-14,16H,5-10,15H2;1H/t13-,14-;/m1./s1. The number of fused-ring (bicyclic) bond motifs is 1. The zero-order chi connectivity index (χ0) is 14.2. The van der Waals surface area contributed by atoms with Crippen LogP contribution in [0.5, 0.6) is 0 Å². The summed E-state index contributed by atoms with van der Waals surface area (Å²) < 4.78 is 29.2. The van der Waals surface area contributed by atoms with Crippen LogP contribution in [0.4, 0.5) is 0 Å². The van der Waals surface area contributed by atoms with E-state index in [1.165, 1.54) is 5.56 Å². The fourth-order valence-corrected chi connectivity index (χ4v) is 4.51. The number of halogens is 1. The van der Waals surface area contributed by atoms with Crippen LogP contribution in [0.3, 0.4) is 0 Å². The summed E-state index contributed by atoms with van der Waals surface area (Å²) in [4.78, 5) is 0. The smallest absolute Gasteiger partial charge is 0.280 e. The van der Waals surface area contributed by atoms with E-state index in [0.717, 1.165) is 31.2 Å². The molecule has 1 aliphatic heterocycles. The molecule has 0 unspecified atom stereocenters. The highest BCUT2D eigenvalue weighted by atomic mass is 35.5. The molecule has 2 atom stereocenters. The third kappa shape index (κ3) is 3.76. The Morgan fingerprint density at radius 2 is 1.90 bits per heavy atom. The minimum atomic E-state index is -3.41. The lowest BCUT2D eigenvalue weighted by atomic mass is 10.0. The fraction of sp³-hybridized carbons (Fsp3) is 0.571. The summed E-state index contributed by atoms with van der Waals surface area (Å²) in [6.07, 6.45) is 3.26. The van der Waals surface area contributed by atoms with Gasteiger partial charge in [-0.05, 0) is 36.8 Å². The van der Waals surface area contributed by atoms with Gasteiger partial charge in [0.2, 0.25) is 0 Å². The summed E-state index contributed by atoms with van der Waals surface area (Å²) in [6.45, 7) is 1.01. The lowest BCUT2D eigenvalue weighted by Gasteiger charge is -2.29. The molecule has 0 saturated heterocycles. The molecule has 1 saturated carbocycles. The Hall–Kier alpha value is -0.660. The van der Waals surface area contributed by atoms with Crippen LogP contribution in [0.25, 0.3) is 0 Å². The van der Waals surface area contributed by atoms with Gasteiger partial charge in [0.05, 0.1) is 0 Å². The van der Waals surface area contributed by atoms with E-state index in [4.69, 9.17) is 5.73 Å². The van der Waals surface area contributed by atoms with Gasteiger partial charge in [0.1, 0.15) is 0 Å². The Bertz CT molecular complexity index is 594. The van der Waals surface area contributed by atoms with Crippen molar-refractivity contribution in [3.05, 3.63) is 35.4 Å². The predicted octanol–water partition coefficient (Wildman–Crippen LogP) is 1.18. The summed E-state index contributed by atoms with van der Waals surface area (Å²) >= 11 is 0. The molecule has 0 radical (unpaired) electrons. The second-order valence-corrected chi connectivity index (χ2v) is 7.45. The molecular weight excluding hydrogens is 310 g/mol. The molecule has 0 spiro atoms. The maximum atomic E-state index is 12.4. The summed E-state index contributed by atoms with van der Waals surface area (Å²) in [6, 6.07) is 8.15. The first kappa shape index (κ1) is 16.7. The van der Waals surface area contributed by atoms with Gasteiger partial charge >= 0.3 is 0 Å². The molecule has 0 aromatic heterocycles. The highest BCUT2D eigenvalue weighted by Crippen LogP contribution is 2.22. The number of benzene rings is 1. The normalized spacial score (nSPS) is 26.1. The van der Waals surface area contributed by atoms with Crippen molar-refractivity contribution in [1.82, 2.24) is 9.03 Å². The van der Waals surface area contributed by atoms with E-state index in [9.17, 15) is 8.42 Å². The van der Waals surface area contributed by atoms with E-state index in [1.807, 2.05) is 18.2 Å². The average molecular weight is 332 g/mol. The van der Waals surface area contributed by atoms with Crippen molar-refractivity contribution in [2.45, 2.75) is 44.3 Å². The molecule has 3 rings (SSSR count). The van der Waals surface area contributed by atoms with Gasteiger partial charge < -0.3 is 5.73 Å². The van der Waals surface area contributed by atoms with Gasteiger partial charge in [0, 0.05) is 25.2 Å². The molecule has 1 aromatic carbocycles. The number of nitrogens with zero attached hydrogens (tertiary/aromatic N) is 1. The minimum absolute atomic E-state index is 0. The number of rotatable bonds is 3. The summed E-state index contributed by atoms with van der Waals surface area (Å²) in [5.74, 6) is 0. The molecule has 0 bridgehead atoms. The van der Waals surface area contributed by atoms with Crippen molar-refractivity contribution >= 4 is 22.6 Å². The van der Waals surface area contributed by atoms with Crippen LogP contribution >= 0.6 is 12.4 Å². The minimum Gasteiger partial charge on any atom is -0.328 e. The van der Waals surface area contributed by atoms with Crippen LogP contribution < -0.4 is 10.5 Å². The molecule has 1 fully saturated rings. The van der Waals surface area contributed by atoms with E-state index in [0.29, 0.717) is 13.1 Å². The van der Waals surface area contributed by atoms with Gasteiger partial charge in [-0.25, -0.2) is 0 Å². The molecule has 21 heavy (non-hydrogen) atoms. The predicted molar refractivity (Wildman–Crippen MR) is 85.5 cm³/mol. The van der Waals surface area contributed by atoms with Crippen molar-refractivity contribution in [1.29, 1.82) is 0 Å². The molecule has 1 aliphatic carbocycles.